The molecule has 5 heteroatoms. The average molecular weight is 267 g/mol. The molecule has 0 saturated carbocycles. The molecule has 1 aromatic rings. The topological polar surface area (TPSA) is 56.3 Å². The minimum Gasteiger partial charge on any atom is -0.477 e. The summed E-state index contributed by atoms with van der Waals surface area (Å²) in [7, 11) is 3.55. The van der Waals surface area contributed by atoms with Gasteiger partial charge < -0.3 is 14.8 Å². The SMILES string of the molecule is CCCc1nc(NC)cc(OCCC(C)(C)OC)n1. The highest BCUT2D eigenvalue weighted by Gasteiger charge is 2.16. The molecule has 0 atom stereocenters. The molecule has 1 heterocycles. The van der Waals surface area contributed by atoms with Crippen LogP contribution in [0.3, 0.4) is 0 Å². The van der Waals surface area contributed by atoms with Crippen molar-refractivity contribution in [1.82, 2.24) is 9.97 Å². The number of aromatic nitrogens is 2. The average Bonchev–Trinajstić information content (AvgIpc) is 2.38. The molecule has 0 unspecified atom stereocenters. The highest BCUT2D eigenvalue weighted by atomic mass is 16.5. The van der Waals surface area contributed by atoms with Crippen molar-refractivity contribution in [2.75, 3.05) is 26.1 Å². The van der Waals surface area contributed by atoms with E-state index in [0.29, 0.717) is 12.5 Å². The summed E-state index contributed by atoms with van der Waals surface area (Å²) in [4.78, 5) is 8.79. The highest BCUT2D eigenvalue weighted by molar-refractivity contribution is 5.37. The molecule has 5 nitrogen and oxygen atoms in total. The van der Waals surface area contributed by atoms with Crippen molar-refractivity contribution in [3.05, 3.63) is 11.9 Å². The zero-order valence-electron chi connectivity index (χ0n) is 12.6. The van der Waals surface area contributed by atoms with Crippen molar-refractivity contribution in [1.29, 1.82) is 0 Å². The summed E-state index contributed by atoms with van der Waals surface area (Å²) in [6, 6.07) is 1.82. The molecular weight excluding hydrogens is 242 g/mol. The van der Waals surface area contributed by atoms with Crippen molar-refractivity contribution in [2.24, 2.45) is 0 Å². The molecular formula is C14H25N3O2. The van der Waals surface area contributed by atoms with Gasteiger partial charge in [0.25, 0.3) is 0 Å². The zero-order valence-corrected chi connectivity index (χ0v) is 12.6. The standard InChI is InChI=1S/C14H25N3O2/c1-6-7-11-16-12(15-4)10-13(17-11)19-9-8-14(2,3)18-5/h10H,6-9H2,1-5H3,(H,15,16,17). The van der Waals surface area contributed by atoms with Gasteiger partial charge in [0.05, 0.1) is 12.2 Å². The number of hydrogen-bond acceptors (Lipinski definition) is 5. The summed E-state index contributed by atoms with van der Waals surface area (Å²) in [6.45, 7) is 6.76. The zero-order chi connectivity index (χ0) is 14.3. The van der Waals surface area contributed by atoms with Gasteiger partial charge in [-0.1, -0.05) is 6.92 Å². The van der Waals surface area contributed by atoms with Gasteiger partial charge in [0.1, 0.15) is 11.6 Å². The van der Waals surface area contributed by atoms with Crippen LogP contribution in [0.5, 0.6) is 5.88 Å². The third-order valence-electron chi connectivity index (χ3n) is 2.99. The van der Waals surface area contributed by atoms with E-state index in [1.807, 2.05) is 27.0 Å². The van der Waals surface area contributed by atoms with Crippen LogP contribution in [-0.2, 0) is 11.2 Å². The number of ether oxygens (including phenoxy) is 2. The molecule has 0 amide bonds. The predicted molar refractivity (Wildman–Crippen MR) is 76.8 cm³/mol. The monoisotopic (exact) mass is 267 g/mol. The molecule has 19 heavy (non-hydrogen) atoms. The molecule has 1 rings (SSSR count). The van der Waals surface area contributed by atoms with Gasteiger partial charge >= 0.3 is 0 Å². The number of methoxy groups -OCH3 is 1. The van der Waals surface area contributed by atoms with Crippen LogP contribution in [-0.4, -0.2) is 36.3 Å². The summed E-state index contributed by atoms with van der Waals surface area (Å²) in [6.07, 6.45) is 2.68. The molecule has 0 fully saturated rings. The first-order valence-electron chi connectivity index (χ1n) is 6.74. The lowest BCUT2D eigenvalue weighted by atomic mass is 10.1. The van der Waals surface area contributed by atoms with E-state index in [4.69, 9.17) is 9.47 Å². The Bertz CT molecular complexity index is 394. The molecule has 0 bridgehead atoms. The molecule has 0 aliphatic heterocycles. The third kappa shape index (κ3) is 5.42. The van der Waals surface area contributed by atoms with Crippen LogP contribution in [0.4, 0.5) is 5.82 Å². The Morgan fingerprint density at radius 2 is 2.05 bits per heavy atom. The van der Waals surface area contributed by atoms with Crippen LogP contribution in [0.1, 0.15) is 39.4 Å². The van der Waals surface area contributed by atoms with Crippen molar-refractivity contribution < 1.29 is 9.47 Å². The highest BCUT2D eigenvalue weighted by Crippen LogP contribution is 2.17. The lowest BCUT2D eigenvalue weighted by Crippen LogP contribution is -2.25. The second-order valence-electron chi connectivity index (χ2n) is 5.07. The fourth-order valence-corrected chi connectivity index (χ4v) is 1.51. The Kier molecular flexibility index (Phi) is 6.02. The van der Waals surface area contributed by atoms with Crippen molar-refractivity contribution in [3.63, 3.8) is 0 Å². The first-order chi connectivity index (χ1) is 9.00. The van der Waals surface area contributed by atoms with Crippen molar-refractivity contribution in [2.45, 2.75) is 45.6 Å². The van der Waals surface area contributed by atoms with Gasteiger partial charge in [-0.15, -0.1) is 0 Å². The fraction of sp³-hybridized carbons (Fsp3) is 0.714. The maximum atomic E-state index is 5.70. The molecule has 1 N–H and O–H groups in total. The van der Waals surface area contributed by atoms with Crippen LogP contribution in [0.25, 0.3) is 0 Å². The smallest absolute Gasteiger partial charge is 0.218 e. The number of hydrogen-bond donors (Lipinski definition) is 1. The van der Waals surface area contributed by atoms with Gasteiger partial charge in [-0.2, -0.15) is 4.98 Å². The molecule has 0 aliphatic rings. The van der Waals surface area contributed by atoms with Crippen LogP contribution in [0.2, 0.25) is 0 Å². The van der Waals surface area contributed by atoms with E-state index >= 15 is 0 Å². The van der Waals surface area contributed by atoms with Gasteiger partial charge in [0, 0.05) is 33.1 Å². The molecule has 0 radical (unpaired) electrons. The number of anilines is 1. The molecule has 0 aromatic carbocycles. The van der Waals surface area contributed by atoms with E-state index in [-0.39, 0.29) is 5.60 Å². The lowest BCUT2D eigenvalue weighted by Gasteiger charge is -2.22. The van der Waals surface area contributed by atoms with Crippen molar-refractivity contribution >= 4 is 5.82 Å². The number of rotatable bonds is 8. The first-order valence-corrected chi connectivity index (χ1v) is 6.74. The van der Waals surface area contributed by atoms with Crippen LogP contribution in [0.15, 0.2) is 6.07 Å². The van der Waals surface area contributed by atoms with E-state index in [9.17, 15) is 0 Å². The summed E-state index contributed by atoms with van der Waals surface area (Å²) < 4.78 is 11.1. The third-order valence-corrected chi connectivity index (χ3v) is 2.99. The molecule has 108 valence electrons. The van der Waals surface area contributed by atoms with E-state index in [0.717, 1.165) is 30.9 Å². The second kappa shape index (κ2) is 7.28. The summed E-state index contributed by atoms with van der Waals surface area (Å²) in [5.74, 6) is 2.23. The fourth-order valence-electron chi connectivity index (χ4n) is 1.51. The molecule has 0 saturated heterocycles. The Balaban J connectivity index is 2.64. The summed E-state index contributed by atoms with van der Waals surface area (Å²) >= 11 is 0. The summed E-state index contributed by atoms with van der Waals surface area (Å²) in [5.41, 5.74) is -0.175. The first kappa shape index (κ1) is 15.7. The maximum absolute atomic E-state index is 5.70. The Labute approximate surface area is 115 Å². The van der Waals surface area contributed by atoms with E-state index in [2.05, 4.69) is 22.2 Å². The van der Waals surface area contributed by atoms with Gasteiger partial charge in [0.15, 0.2) is 0 Å². The maximum Gasteiger partial charge on any atom is 0.218 e. The minimum absolute atomic E-state index is 0.175. The number of aryl methyl sites for hydroxylation is 1. The van der Waals surface area contributed by atoms with Gasteiger partial charge in [0.2, 0.25) is 5.88 Å². The molecule has 0 aliphatic carbocycles. The van der Waals surface area contributed by atoms with E-state index in [1.54, 1.807) is 7.11 Å². The van der Waals surface area contributed by atoms with Gasteiger partial charge in [-0.05, 0) is 20.3 Å². The minimum atomic E-state index is -0.175. The van der Waals surface area contributed by atoms with Gasteiger partial charge in [-0.25, -0.2) is 4.98 Å². The van der Waals surface area contributed by atoms with E-state index < -0.39 is 0 Å². The Morgan fingerprint density at radius 1 is 1.32 bits per heavy atom. The Morgan fingerprint density at radius 3 is 2.63 bits per heavy atom. The number of nitrogens with one attached hydrogen (secondary N) is 1. The van der Waals surface area contributed by atoms with E-state index in [1.165, 1.54) is 0 Å². The lowest BCUT2D eigenvalue weighted by molar-refractivity contribution is 0.00507. The van der Waals surface area contributed by atoms with Gasteiger partial charge in [-0.3, -0.25) is 0 Å². The molecule has 1 aromatic heterocycles. The largest absolute Gasteiger partial charge is 0.477 e. The van der Waals surface area contributed by atoms with Crippen LogP contribution in [0, 0.1) is 0 Å². The Hall–Kier alpha value is -1.36. The van der Waals surface area contributed by atoms with Crippen molar-refractivity contribution in [3.8, 4) is 5.88 Å². The molecule has 0 spiro atoms. The normalized spacial score (nSPS) is 11.4. The number of nitrogens with zero attached hydrogens (tertiary/aromatic N) is 2. The van der Waals surface area contributed by atoms with Crippen LogP contribution < -0.4 is 10.1 Å². The van der Waals surface area contributed by atoms with Crippen LogP contribution >= 0.6 is 0 Å². The second-order valence-corrected chi connectivity index (χ2v) is 5.07. The summed E-state index contributed by atoms with van der Waals surface area (Å²) in [5, 5.41) is 3.03. The predicted octanol–water partition coefficient (Wildman–Crippen LogP) is 2.66. The quantitative estimate of drug-likeness (QED) is 0.784.